The number of halogens is 1. The van der Waals surface area contributed by atoms with Crippen molar-refractivity contribution in [3.63, 3.8) is 0 Å². The van der Waals surface area contributed by atoms with Gasteiger partial charge in [0.25, 0.3) is 0 Å². The van der Waals surface area contributed by atoms with Crippen LogP contribution in [0.3, 0.4) is 0 Å². The Morgan fingerprint density at radius 1 is 1.36 bits per heavy atom. The summed E-state index contributed by atoms with van der Waals surface area (Å²) in [6.07, 6.45) is 1.12. The van der Waals surface area contributed by atoms with Crippen LogP contribution in [-0.2, 0) is 0 Å². The SMILES string of the molecule is O=C(O)c1cnc(NSc2csc(-c3ccc(F)cc3)n2)o1. The third kappa shape index (κ3) is 3.26. The van der Waals surface area contributed by atoms with Crippen molar-refractivity contribution >= 4 is 35.3 Å². The fourth-order valence-corrected chi connectivity index (χ4v) is 3.05. The first-order valence-electron chi connectivity index (χ1n) is 5.95. The molecule has 2 heterocycles. The number of carboxylic acid groups (broad SMARTS) is 1. The largest absolute Gasteiger partial charge is 0.475 e. The predicted molar refractivity (Wildman–Crippen MR) is 80.5 cm³/mol. The molecular weight excluding hydrogens is 329 g/mol. The van der Waals surface area contributed by atoms with Crippen molar-refractivity contribution in [2.75, 3.05) is 4.72 Å². The number of rotatable bonds is 5. The number of hydrogen-bond acceptors (Lipinski definition) is 7. The van der Waals surface area contributed by atoms with Crippen LogP contribution in [-0.4, -0.2) is 21.0 Å². The Labute approximate surface area is 132 Å². The number of oxazole rings is 1. The van der Waals surface area contributed by atoms with Gasteiger partial charge >= 0.3 is 12.0 Å². The summed E-state index contributed by atoms with van der Waals surface area (Å²) < 4.78 is 20.6. The number of carbonyl (C=O) groups is 1. The topological polar surface area (TPSA) is 88.2 Å². The molecule has 3 rings (SSSR count). The molecule has 0 fully saturated rings. The van der Waals surface area contributed by atoms with E-state index in [1.165, 1.54) is 23.5 Å². The molecule has 6 nitrogen and oxygen atoms in total. The molecule has 0 saturated heterocycles. The van der Waals surface area contributed by atoms with Crippen molar-refractivity contribution in [1.29, 1.82) is 0 Å². The first-order chi connectivity index (χ1) is 10.6. The zero-order valence-corrected chi connectivity index (χ0v) is 12.4. The van der Waals surface area contributed by atoms with Gasteiger partial charge in [-0.3, -0.25) is 4.72 Å². The van der Waals surface area contributed by atoms with E-state index in [1.807, 2.05) is 5.38 Å². The quantitative estimate of drug-likeness (QED) is 0.685. The Hall–Kier alpha value is -2.39. The molecule has 9 heteroatoms. The Morgan fingerprint density at radius 2 is 2.14 bits per heavy atom. The average molecular weight is 337 g/mol. The average Bonchev–Trinajstić information content (AvgIpc) is 3.15. The standard InChI is InChI=1S/C13H8FN3O3S2/c14-8-3-1-7(2-4-8)11-16-10(6-21-11)22-17-13-15-5-9(20-13)12(18)19/h1-6H,(H,15,17)(H,18,19). The van der Waals surface area contributed by atoms with Gasteiger partial charge in [-0.25, -0.2) is 19.2 Å². The molecule has 0 atom stereocenters. The molecular formula is C13H8FN3O3S2. The number of aromatic nitrogens is 2. The molecule has 2 N–H and O–H groups in total. The highest BCUT2D eigenvalue weighted by molar-refractivity contribution is 8.00. The number of nitrogens with zero attached hydrogens (tertiary/aromatic N) is 2. The van der Waals surface area contributed by atoms with E-state index < -0.39 is 5.97 Å². The van der Waals surface area contributed by atoms with Crippen LogP contribution in [0.1, 0.15) is 10.6 Å². The summed E-state index contributed by atoms with van der Waals surface area (Å²) >= 11 is 2.56. The number of hydrogen-bond donors (Lipinski definition) is 2. The highest BCUT2D eigenvalue weighted by atomic mass is 32.2. The van der Waals surface area contributed by atoms with Gasteiger partial charge in [0.1, 0.15) is 15.9 Å². The van der Waals surface area contributed by atoms with Gasteiger partial charge in [0.2, 0.25) is 5.76 Å². The van der Waals surface area contributed by atoms with Gasteiger partial charge in [0.15, 0.2) is 0 Å². The van der Waals surface area contributed by atoms with Crippen LogP contribution in [0.4, 0.5) is 10.4 Å². The Kier molecular flexibility index (Phi) is 4.07. The Balaban J connectivity index is 1.66. The highest BCUT2D eigenvalue weighted by Crippen LogP contribution is 2.29. The lowest BCUT2D eigenvalue weighted by Crippen LogP contribution is -1.92. The maximum atomic E-state index is 12.9. The van der Waals surface area contributed by atoms with Gasteiger partial charge in [-0.2, -0.15) is 0 Å². The van der Waals surface area contributed by atoms with E-state index >= 15 is 0 Å². The summed E-state index contributed by atoms with van der Waals surface area (Å²) in [6.45, 7) is 0. The van der Waals surface area contributed by atoms with Crippen LogP contribution in [0.25, 0.3) is 10.6 Å². The summed E-state index contributed by atoms with van der Waals surface area (Å²) in [5.41, 5.74) is 0.822. The summed E-state index contributed by atoms with van der Waals surface area (Å²) in [7, 11) is 0. The molecule has 22 heavy (non-hydrogen) atoms. The van der Waals surface area contributed by atoms with E-state index in [9.17, 15) is 9.18 Å². The fraction of sp³-hybridized carbons (Fsp3) is 0. The number of anilines is 1. The Morgan fingerprint density at radius 3 is 2.82 bits per heavy atom. The second-order valence-electron chi connectivity index (χ2n) is 4.04. The summed E-state index contributed by atoms with van der Waals surface area (Å²) in [5.74, 6) is -1.72. The molecule has 3 aromatic rings. The molecule has 0 saturated carbocycles. The van der Waals surface area contributed by atoms with E-state index in [0.717, 1.165) is 28.7 Å². The summed E-state index contributed by atoms with van der Waals surface area (Å²) in [4.78, 5) is 18.8. The minimum atomic E-state index is -1.18. The van der Waals surface area contributed by atoms with Crippen molar-refractivity contribution in [3.05, 3.63) is 47.4 Å². The molecule has 0 radical (unpaired) electrons. The predicted octanol–water partition coefficient (Wildman–Crippen LogP) is 3.75. The molecule has 0 spiro atoms. The molecule has 0 aliphatic heterocycles. The van der Waals surface area contributed by atoms with Crippen molar-refractivity contribution in [1.82, 2.24) is 9.97 Å². The van der Waals surface area contributed by atoms with Crippen LogP contribution in [0.2, 0.25) is 0 Å². The van der Waals surface area contributed by atoms with Crippen molar-refractivity contribution in [2.24, 2.45) is 0 Å². The van der Waals surface area contributed by atoms with Crippen molar-refractivity contribution in [2.45, 2.75) is 5.03 Å². The monoisotopic (exact) mass is 337 g/mol. The third-order valence-electron chi connectivity index (χ3n) is 2.53. The number of aromatic carboxylic acids is 1. The van der Waals surface area contributed by atoms with E-state index in [4.69, 9.17) is 9.52 Å². The van der Waals surface area contributed by atoms with Gasteiger partial charge < -0.3 is 9.52 Å². The normalized spacial score (nSPS) is 10.6. The van der Waals surface area contributed by atoms with E-state index in [-0.39, 0.29) is 17.6 Å². The van der Waals surface area contributed by atoms with Gasteiger partial charge in [0, 0.05) is 22.9 Å². The van der Waals surface area contributed by atoms with Gasteiger partial charge in [0.05, 0.1) is 6.20 Å². The summed E-state index contributed by atoms with van der Waals surface area (Å²) in [6, 6.07) is 6.15. The minimum absolute atomic E-state index is 0.0822. The molecule has 0 unspecified atom stereocenters. The van der Waals surface area contributed by atoms with E-state index in [2.05, 4.69) is 14.7 Å². The number of benzene rings is 1. The van der Waals surface area contributed by atoms with Gasteiger partial charge in [-0.15, -0.1) is 11.3 Å². The molecule has 0 aliphatic carbocycles. The lowest BCUT2D eigenvalue weighted by molar-refractivity contribution is 0.0663. The molecule has 0 amide bonds. The van der Waals surface area contributed by atoms with Crippen molar-refractivity contribution in [3.8, 4) is 10.6 Å². The second-order valence-corrected chi connectivity index (χ2v) is 5.72. The molecule has 112 valence electrons. The van der Waals surface area contributed by atoms with E-state index in [1.54, 1.807) is 12.1 Å². The first-order valence-corrected chi connectivity index (χ1v) is 7.65. The lowest BCUT2D eigenvalue weighted by atomic mass is 10.2. The molecule has 0 bridgehead atoms. The van der Waals surface area contributed by atoms with Gasteiger partial charge in [-0.1, -0.05) is 0 Å². The lowest BCUT2D eigenvalue weighted by Gasteiger charge is -1.97. The molecule has 0 aliphatic rings. The maximum absolute atomic E-state index is 12.9. The third-order valence-corrected chi connectivity index (χ3v) is 4.27. The fourth-order valence-electron chi connectivity index (χ4n) is 1.55. The second kappa shape index (κ2) is 6.16. The zero-order chi connectivity index (χ0) is 15.5. The van der Waals surface area contributed by atoms with Crippen molar-refractivity contribution < 1.29 is 18.7 Å². The minimum Gasteiger partial charge on any atom is -0.475 e. The van der Waals surface area contributed by atoms with Crippen LogP contribution in [0.15, 0.2) is 45.3 Å². The van der Waals surface area contributed by atoms with E-state index in [0.29, 0.717) is 5.03 Å². The van der Waals surface area contributed by atoms with Gasteiger partial charge in [-0.05, 0) is 24.3 Å². The van der Waals surface area contributed by atoms with Crippen LogP contribution in [0, 0.1) is 5.82 Å². The zero-order valence-electron chi connectivity index (χ0n) is 10.8. The number of thiazole rings is 1. The van der Waals surface area contributed by atoms with Crippen LogP contribution >= 0.6 is 23.3 Å². The maximum Gasteiger partial charge on any atom is 0.373 e. The number of nitrogens with one attached hydrogen (secondary N) is 1. The smallest absolute Gasteiger partial charge is 0.373 e. The first kappa shape index (κ1) is 14.5. The van der Waals surface area contributed by atoms with Crippen LogP contribution < -0.4 is 4.72 Å². The number of carboxylic acids is 1. The van der Waals surface area contributed by atoms with Crippen LogP contribution in [0.5, 0.6) is 0 Å². The molecule has 1 aromatic carbocycles. The summed E-state index contributed by atoms with van der Waals surface area (Å²) in [5, 5.41) is 12.0. The Bertz CT molecular complexity index is 801. The molecule has 2 aromatic heterocycles. The highest BCUT2D eigenvalue weighted by Gasteiger charge is 2.11.